The van der Waals surface area contributed by atoms with E-state index in [-0.39, 0.29) is 0 Å². The highest BCUT2D eigenvalue weighted by Gasteiger charge is 2.13. The third-order valence-corrected chi connectivity index (χ3v) is 4.05. The average Bonchev–Trinajstić information content (AvgIpc) is 3.03. The SMILES string of the molecule is CC(C)(O)CCn1cc2ccc(-c3ccsc3)cc2n1. The van der Waals surface area contributed by atoms with Gasteiger partial charge in [-0.25, -0.2) is 0 Å². The van der Waals surface area contributed by atoms with Gasteiger partial charge in [-0.1, -0.05) is 12.1 Å². The number of hydrogen-bond donors (Lipinski definition) is 1. The molecule has 4 heteroatoms. The molecule has 104 valence electrons. The number of benzene rings is 1. The first-order valence-electron chi connectivity index (χ1n) is 6.73. The van der Waals surface area contributed by atoms with Crippen molar-refractivity contribution in [1.82, 2.24) is 9.78 Å². The molecule has 3 nitrogen and oxygen atoms in total. The minimum atomic E-state index is -0.653. The van der Waals surface area contributed by atoms with Gasteiger partial charge in [-0.05, 0) is 54.3 Å². The van der Waals surface area contributed by atoms with E-state index in [1.54, 1.807) is 11.3 Å². The molecule has 0 saturated carbocycles. The van der Waals surface area contributed by atoms with Crippen molar-refractivity contribution in [2.45, 2.75) is 32.4 Å². The highest BCUT2D eigenvalue weighted by atomic mass is 32.1. The summed E-state index contributed by atoms with van der Waals surface area (Å²) in [6.07, 6.45) is 2.73. The van der Waals surface area contributed by atoms with E-state index >= 15 is 0 Å². The molecule has 1 N–H and O–H groups in total. The van der Waals surface area contributed by atoms with Crippen molar-refractivity contribution < 1.29 is 5.11 Å². The Morgan fingerprint density at radius 2 is 2.10 bits per heavy atom. The fourth-order valence-electron chi connectivity index (χ4n) is 2.18. The third-order valence-electron chi connectivity index (χ3n) is 3.36. The van der Waals surface area contributed by atoms with E-state index in [1.807, 2.05) is 24.7 Å². The van der Waals surface area contributed by atoms with E-state index in [9.17, 15) is 5.11 Å². The summed E-state index contributed by atoms with van der Waals surface area (Å²) in [5.41, 5.74) is 2.79. The second-order valence-electron chi connectivity index (χ2n) is 5.74. The number of nitrogens with zero attached hydrogens (tertiary/aromatic N) is 2. The van der Waals surface area contributed by atoms with Crippen LogP contribution in [-0.2, 0) is 6.54 Å². The Balaban J connectivity index is 1.88. The lowest BCUT2D eigenvalue weighted by Gasteiger charge is -2.16. The molecule has 0 bridgehead atoms. The quantitative estimate of drug-likeness (QED) is 0.789. The van der Waals surface area contributed by atoms with Crippen LogP contribution in [0.1, 0.15) is 20.3 Å². The lowest BCUT2D eigenvalue weighted by Crippen LogP contribution is -2.21. The van der Waals surface area contributed by atoms with Gasteiger partial charge in [0, 0.05) is 18.1 Å². The van der Waals surface area contributed by atoms with Crippen LogP contribution in [0.2, 0.25) is 0 Å². The summed E-state index contributed by atoms with van der Waals surface area (Å²) >= 11 is 1.70. The summed E-state index contributed by atoms with van der Waals surface area (Å²) in [5, 5.41) is 19.7. The molecule has 0 aliphatic heterocycles. The zero-order valence-corrected chi connectivity index (χ0v) is 12.5. The molecule has 0 saturated heterocycles. The Bertz CT molecular complexity index is 708. The minimum Gasteiger partial charge on any atom is -0.390 e. The van der Waals surface area contributed by atoms with E-state index in [2.05, 4.69) is 40.1 Å². The molecule has 1 aromatic carbocycles. The Morgan fingerprint density at radius 3 is 2.80 bits per heavy atom. The number of aromatic nitrogens is 2. The van der Waals surface area contributed by atoms with Crippen molar-refractivity contribution in [1.29, 1.82) is 0 Å². The molecule has 0 aliphatic rings. The van der Waals surface area contributed by atoms with Gasteiger partial charge in [-0.3, -0.25) is 4.68 Å². The van der Waals surface area contributed by atoms with Crippen molar-refractivity contribution in [2.75, 3.05) is 0 Å². The minimum absolute atomic E-state index is 0.653. The van der Waals surface area contributed by atoms with Crippen molar-refractivity contribution in [2.24, 2.45) is 0 Å². The molecular weight excluding hydrogens is 268 g/mol. The molecule has 3 aromatic rings. The second kappa shape index (κ2) is 5.04. The molecule has 0 spiro atoms. The first kappa shape index (κ1) is 13.3. The Kier molecular flexibility index (Phi) is 3.36. The fraction of sp³-hybridized carbons (Fsp3) is 0.312. The van der Waals surface area contributed by atoms with Gasteiger partial charge >= 0.3 is 0 Å². The highest BCUT2D eigenvalue weighted by molar-refractivity contribution is 7.08. The molecular formula is C16H18N2OS. The Hall–Kier alpha value is -1.65. The second-order valence-corrected chi connectivity index (χ2v) is 6.52. The third kappa shape index (κ3) is 2.92. The van der Waals surface area contributed by atoms with Gasteiger partial charge in [0.2, 0.25) is 0 Å². The van der Waals surface area contributed by atoms with Gasteiger partial charge in [0.25, 0.3) is 0 Å². The lowest BCUT2D eigenvalue weighted by atomic mass is 10.1. The topological polar surface area (TPSA) is 38.0 Å². The van der Waals surface area contributed by atoms with Gasteiger partial charge in [-0.15, -0.1) is 0 Å². The first-order chi connectivity index (χ1) is 9.51. The number of rotatable bonds is 4. The van der Waals surface area contributed by atoms with Crippen LogP contribution >= 0.6 is 11.3 Å². The normalized spacial score (nSPS) is 12.2. The molecule has 0 fully saturated rings. The van der Waals surface area contributed by atoms with E-state index in [0.717, 1.165) is 17.4 Å². The van der Waals surface area contributed by atoms with Gasteiger partial charge < -0.3 is 5.11 Å². The van der Waals surface area contributed by atoms with Gasteiger partial charge in [0.1, 0.15) is 0 Å². The molecule has 0 aliphatic carbocycles. The predicted octanol–water partition coefficient (Wildman–Crippen LogP) is 3.93. The number of aryl methyl sites for hydroxylation is 1. The summed E-state index contributed by atoms with van der Waals surface area (Å²) in [4.78, 5) is 0. The number of fused-ring (bicyclic) bond motifs is 1. The average molecular weight is 286 g/mol. The summed E-state index contributed by atoms with van der Waals surface area (Å²) in [6.45, 7) is 4.38. The van der Waals surface area contributed by atoms with Gasteiger partial charge in [-0.2, -0.15) is 16.4 Å². The van der Waals surface area contributed by atoms with Crippen LogP contribution in [0.4, 0.5) is 0 Å². The van der Waals surface area contributed by atoms with E-state index < -0.39 is 5.60 Å². The molecule has 0 radical (unpaired) electrons. The molecule has 3 rings (SSSR count). The number of aliphatic hydroxyl groups is 1. The molecule has 20 heavy (non-hydrogen) atoms. The van der Waals surface area contributed by atoms with Crippen molar-refractivity contribution in [3.05, 3.63) is 41.2 Å². The van der Waals surface area contributed by atoms with Crippen molar-refractivity contribution in [3.63, 3.8) is 0 Å². The van der Waals surface area contributed by atoms with Gasteiger partial charge in [0.15, 0.2) is 0 Å². The summed E-state index contributed by atoms with van der Waals surface area (Å²) in [7, 11) is 0. The standard InChI is InChI=1S/C16H18N2OS/c1-16(2,19)6-7-18-10-13-4-3-12(9-15(13)17-18)14-5-8-20-11-14/h3-5,8-11,19H,6-7H2,1-2H3. The molecule has 0 unspecified atom stereocenters. The number of hydrogen-bond acceptors (Lipinski definition) is 3. The fourth-order valence-corrected chi connectivity index (χ4v) is 2.84. The van der Waals surface area contributed by atoms with Crippen LogP contribution in [0, 0.1) is 0 Å². The number of thiophene rings is 1. The predicted molar refractivity (Wildman–Crippen MR) is 84.0 cm³/mol. The molecule has 2 heterocycles. The van der Waals surface area contributed by atoms with E-state index in [4.69, 9.17) is 0 Å². The maximum atomic E-state index is 9.78. The van der Waals surface area contributed by atoms with Crippen molar-refractivity contribution in [3.8, 4) is 11.1 Å². The van der Waals surface area contributed by atoms with Crippen LogP contribution in [0.5, 0.6) is 0 Å². The summed E-state index contributed by atoms with van der Waals surface area (Å²) in [6, 6.07) is 8.48. The van der Waals surface area contributed by atoms with Crippen LogP contribution in [0.25, 0.3) is 22.0 Å². The monoisotopic (exact) mass is 286 g/mol. The molecule has 0 atom stereocenters. The zero-order valence-electron chi connectivity index (χ0n) is 11.7. The Labute approximate surface area is 122 Å². The van der Waals surface area contributed by atoms with E-state index in [1.165, 1.54) is 11.1 Å². The molecule has 0 amide bonds. The summed E-state index contributed by atoms with van der Waals surface area (Å²) in [5.74, 6) is 0. The maximum Gasteiger partial charge on any atom is 0.0929 e. The van der Waals surface area contributed by atoms with Crippen LogP contribution in [-0.4, -0.2) is 20.5 Å². The molecule has 2 aromatic heterocycles. The van der Waals surface area contributed by atoms with Crippen LogP contribution in [0.3, 0.4) is 0 Å². The smallest absolute Gasteiger partial charge is 0.0929 e. The zero-order chi connectivity index (χ0) is 14.2. The summed E-state index contributed by atoms with van der Waals surface area (Å²) < 4.78 is 1.92. The maximum absolute atomic E-state index is 9.78. The van der Waals surface area contributed by atoms with Gasteiger partial charge in [0.05, 0.1) is 11.1 Å². The van der Waals surface area contributed by atoms with Crippen molar-refractivity contribution >= 4 is 22.2 Å². The highest BCUT2D eigenvalue weighted by Crippen LogP contribution is 2.25. The lowest BCUT2D eigenvalue weighted by molar-refractivity contribution is 0.0651. The first-order valence-corrected chi connectivity index (χ1v) is 7.68. The van der Waals surface area contributed by atoms with Crippen LogP contribution < -0.4 is 0 Å². The Morgan fingerprint density at radius 1 is 1.25 bits per heavy atom. The van der Waals surface area contributed by atoms with E-state index in [0.29, 0.717) is 6.42 Å². The van der Waals surface area contributed by atoms with Crippen LogP contribution in [0.15, 0.2) is 41.2 Å². The largest absolute Gasteiger partial charge is 0.390 e.